The second kappa shape index (κ2) is 8.47. The van der Waals surface area contributed by atoms with Gasteiger partial charge in [-0.25, -0.2) is 9.97 Å². The van der Waals surface area contributed by atoms with Crippen molar-refractivity contribution >= 4 is 45.9 Å². The van der Waals surface area contributed by atoms with Crippen molar-refractivity contribution in [2.45, 2.75) is 10.1 Å². The summed E-state index contributed by atoms with van der Waals surface area (Å²) >= 11 is 2.37. The van der Waals surface area contributed by atoms with E-state index in [1.165, 1.54) is 29.7 Å². The molecular formula is C17H12N6O3S2. The number of amides is 1. The fourth-order valence-corrected chi connectivity index (χ4v) is 3.58. The number of carbonyl (C=O) groups excluding carboxylic acids is 1. The Labute approximate surface area is 167 Å². The SMILES string of the molecule is Cn1ccnc1Sc1ccc(/C=C(\C#N)C(=O)Nc2nccs2)cc1[N+](=O)[O-]. The number of thiazole rings is 1. The number of rotatable bonds is 6. The van der Waals surface area contributed by atoms with Crippen LogP contribution in [-0.2, 0) is 11.8 Å². The van der Waals surface area contributed by atoms with Crippen LogP contribution in [0.2, 0.25) is 0 Å². The Bertz CT molecular complexity index is 1100. The predicted octanol–water partition coefficient (Wildman–Crippen LogP) is 3.48. The topological polar surface area (TPSA) is 127 Å². The average Bonchev–Trinajstić information content (AvgIpc) is 3.32. The van der Waals surface area contributed by atoms with Gasteiger partial charge in [-0.3, -0.25) is 20.2 Å². The summed E-state index contributed by atoms with van der Waals surface area (Å²) in [6, 6.07) is 6.30. The van der Waals surface area contributed by atoms with Gasteiger partial charge in [0.05, 0.1) is 9.82 Å². The summed E-state index contributed by atoms with van der Waals surface area (Å²) in [5.41, 5.74) is 0.0371. The minimum absolute atomic E-state index is 0.139. The molecule has 2 heterocycles. The number of nitrogens with one attached hydrogen (secondary N) is 1. The number of nitro groups is 1. The molecular weight excluding hydrogens is 400 g/mol. The molecule has 0 saturated carbocycles. The summed E-state index contributed by atoms with van der Waals surface area (Å²) in [6.07, 6.45) is 6.17. The van der Waals surface area contributed by atoms with Gasteiger partial charge in [0.2, 0.25) is 0 Å². The molecule has 0 unspecified atom stereocenters. The maximum absolute atomic E-state index is 12.2. The minimum Gasteiger partial charge on any atom is -0.329 e. The fourth-order valence-electron chi connectivity index (χ4n) is 2.17. The third-order valence-electron chi connectivity index (χ3n) is 3.49. The molecule has 0 saturated heterocycles. The molecule has 0 fully saturated rings. The van der Waals surface area contributed by atoms with Crippen molar-refractivity contribution in [3.63, 3.8) is 0 Å². The number of aryl methyl sites for hydroxylation is 1. The van der Waals surface area contributed by atoms with Gasteiger partial charge in [-0.1, -0.05) is 6.07 Å². The zero-order valence-electron chi connectivity index (χ0n) is 14.4. The van der Waals surface area contributed by atoms with E-state index in [-0.39, 0.29) is 11.3 Å². The molecule has 0 atom stereocenters. The summed E-state index contributed by atoms with van der Waals surface area (Å²) in [5, 5.41) is 25.9. The van der Waals surface area contributed by atoms with Crippen LogP contribution in [0.15, 0.2) is 57.8 Å². The molecule has 0 aliphatic rings. The highest BCUT2D eigenvalue weighted by atomic mass is 32.2. The van der Waals surface area contributed by atoms with E-state index in [1.54, 1.807) is 41.5 Å². The van der Waals surface area contributed by atoms with Gasteiger partial charge in [-0.2, -0.15) is 5.26 Å². The van der Waals surface area contributed by atoms with Crippen LogP contribution in [-0.4, -0.2) is 25.4 Å². The van der Waals surface area contributed by atoms with Crippen LogP contribution in [0.25, 0.3) is 6.08 Å². The highest BCUT2D eigenvalue weighted by Gasteiger charge is 2.18. The van der Waals surface area contributed by atoms with Gasteiger partial charge < -0.3 is 4.57 Å². The lowest BCUT2D eigenvalue weighted by Crippen LogP contribution is -2.13. The molecule has 2 aromatic heterocycles. The van der Waals surface area contributed by atoms with Gasteiger partial charge in [-0.15, -0.1) is 11.3 Å². The molecule has 3 rings (SSSR count). The Morgan fingerprint density at radius 1 is 1.43 bits per heavy atom. The zero-order valence-corrected chi connectivity index (χ0v) is 16.0. The smallest absolute Gasteiger partial charge is 0.283 e. The van der Waals surface area contributed by atoms with E-state index in [9.17, 15) is 20.2 Å². The van der Waals surface area contributed by atoms with Crippen molar-refractivity contribution in [3.8, 4) is 6.07 Å². The molecule has 9 nitrogen and oxygen atoms in total. The summed E-state index contributed by atoms with van der Waals surface area (Å²) < 4.78 is 1.75. The van der Waals surface area contributed by atoms with E-state index in [0.29, 0.717) is 20.7 Å². The number of aromatic nitrogens is 3. The second-order valence-corrected chi connectivity index (χ2v) is 7.27. The Morgan fingerprint density at radius 2 is 2.25 bits per heavy atom. The lowest BCUT2D eigenvalue weighted by molar-refractivity contribution is -0.387. The molecule has 140 valence electrons. The molecule has 0 bridgehead atoms. The normalized spacial score (nSPS) is 11.1. The first-order valence-electron chi connectivity index (χ1n) is 7.74. The number of hydrogen-bond donors (Lipinski definition) is 1. The molecule has 1 N–H and O–H groups in total. The number of hydrogen-bond acceptors (Lipinski definition) is 8. The van der Waals surface area contributed by atoms with Crippen molar-refractivity contribution < 1.29 is 9.72 Å². The maximum atomic E-state index is 12.2. The molecule has 11 heteroatoms. The van der Waals surface area contributed by atoms with Crippen LogP contribution in [0.3, 0.4) is 0 Å². The molecule has 3 aromatic rings. The van der Waals surface area contributed by atoms with Crippen molar-refractivity contribution in [2.75, 3.05) is 5.32 Å². The van der Waals surface area contributed by atoms with Crippen molar-refractivity contribution in [3.05, 3.63) is 63.4 Å². The van der Waals surface area contributed by atoms with Crippen molar-refractivity contribution in [1.82, 2.24) is 14.5 Å². The van der Waals surface area contributed by atoms with E-state index >= 15 is 0 Å². The van der Waals surface area contributed by atoms with Gasteiger partial charge in [0.25, 0.3) is 11.6 Å². The summed E-state index contributed by atoms with van der Waals surface area (Å²) in [7, 11) is 1.79. The van der Waals surface area contributed by atoms with E-state index in [0.717, 1.165) is 11.8 Å². The Morgan fingerprint density at radius 3 is 2.86 bits per heavy atom. The number of imidazole rings is 1. The fraction of sp³-hybridized carbons (Fsp3) is 0.0588. The van der Waals surface area contributed by atoms with Gasteiger partial charge in [0.1, 0.15) is 11.6 Å². The number of carbonyl (C=O) groups is 1. The summed E-state index contributed by atoms with van der Waals surface area (Å²) in [5.74, 6) is -0.633. The molecule has 1 amide bonds. The van der Waals surface area contributed by atoms with Crippen LogP contribution in [0.4, 0.5) is 10.8 Å². The first-order valence-corrected chi connectivity index (χ1v) is 9.44. The number of anilines is 1. The highest BCUT2D eigenvalue weighted by molar-refractivity contribution is 7.99. The third-order valence-corrected chi connectivity index (χ3v) is 5.32. The summed E-state index contributed by atoms with van der Waals surface area (Å²) in [4.78, 5) is 31.6. The van der Waals surface area contributed by atoms with E-state index < -0.39 is 10.8 Å². The Kier molecular flexibility index (Phi) is 5.83. The average molecular weight is 412 g/mol. The third kappa shape index (κ3) is 4.43. The van der Waals surface area contributed by atoms with E-state index in [4.69, 9.17) is 0 Å². The minimum atomic E-state index is -0.633. The van der Waals surface area contributed by atoms with Gasteiger partial charge in [0, 0.05) is 37.1 Å². The lowest BCUT2D eigenvalue weighted by atomic mass is 10.1. The monoisotopic (exact) mass is 412 g/mol. The Hall–Kier alpha value is -3.49. The highest BCUT2D eigenvalue weighted by Crippen LogP contribution is 2.34. The first kappa shape index (κ1) is 19.3. The van der Waals surface area contributed by atoms with Gasteiger partial charge in [0.15, 0.2) is 10.3 Å². The van der Waals surface area contributed by atoms with Gasteiger partial charge in [-0.05, 0) is 29.5 Å². The largest absolute Gasteiger partial charge is 0.329 e. The maximum Gasteiger partial charge on any atom is 0.283 e. The van der Waals surface area contributed by atoms with Crippen LogP contribution in [0.5, 0.6) is 0 Å². The van der Waals surface area contributed by atoms with E-state index in [2.05, 4.69) is 15.3 Å². The first-order chi connectivity index (χ1) is 13.5. The number of nitrogens with zero attached hydrogens (tertiary/aromatic N) is 5. The van der Waals surface area contributed by atoms with Crippen LogP contribution in [0.1, 0.15) is 5.56 Å². The van der Waals surface area contributed by atoms with E-state index in [1.807, 2.05) is 6.07 Å². The van der Waals surface area contributed by atoms with Crippen LogP contribution >= 0.6 is 23.1 Å². The van der Waals surface area contributed by atoms with Crippen LogP contribution < -0.4 is 5.32 Å². The molecule has 0 radical (unpaired) electrons. The lowest BCUT2D eigenvalue weighted by Gasteiger charge is -2.05. The molecule has 28 heavy (non-hydrogen) atoms. The standard InChI is InChI=1S/C17H12N6O3S2/c1-22-6-4-20-17(22)28-14-3-2-11(9-13(14)23(25)26)8-12(10-18)15(24)21-16-19-5-7-27-16/h2-9H,1H3,(H,19,21,24)/b12-8+. The zero-order chi connectivity index (χ0) is 20.1. The molecule has 0 aliphatic heterocycles. The predicted molar refractivity (Wildman–Crippen MR) is 105 cm³/mol. The quantitative estimate of drug-likeness (QED) is 0.284. The van der Waals surface area contributed by atoms with Crippen molar-refractivity contribution in [2.24, 2.45) is 7.05 Å². The molecule has 0 spiro atoms. The summed E-state index contributed by atoms with van der Waals surface area (Å²) in [6.45, 7) is 0. The number of benzene rings is 1. The Balaban J connectivity index is 1.89. The van der Waals surface area contributed by atoms with Gasteiger partial charge >= 0.3 is 0 Å². The number of nitro benzene ring substituents is 1. The van der Waals surface area contributed by atoms with Crippen LogP contribution in [0, 0.1) is 21.4 Å². The number of nitriles is 1. The molecule has 0 aliphatic carbocycles. The second-order valence-electron chi connectivity index (χ2n) is 5.37. The van der Waals surface area contributed by atoms with Crippen molar-refractivity contribution in [1.29, 1.82) is 5.26 Å². The molecule has 1 aromatic carbocycles.